The molecule has 0 saturated heterocycles. The second-order valence-electron chi connectivity index (χ2n) is 3.63. The molecule has 0 aliphatic heterocycles. The van der Waals surface area contributed by atoms with Crippen molar-refractivity contribution in [2.75, 3.05) is 13.2 Å². The topological polar surface area (TPSA) is 77.6 Å². The smallest absolute Gasteiger partial charge is 0.145 e. The number of nitrogens with two attached hydrogens (primary N) is 1. The molecule has 0 spiro atoms. The molecule has 0 fully saturated rings. The molecule has 2 rings (SSSR count). The third kappa shape index (κ3) is 2.91. The monoisotopic (exact) mass is 234 g/mol. The Morgan fingerprint density at radius 3 is 2.88 bits per heavy atom. The minimum Gasteiger partial charge on any atom is -0.489 e. The summed E-state index contributed by atoms with van der Waals surface area (Å²) in [7, 11) is 0. The second-order valence-corrected chi connectivity index (χ2v) is 3.63. The molecule has 1 atom stereocenters. The zero-order valence-corrected chi connectivity index (χ0v) is 9.24. The standard InChI is InChI=1S/C12H14N2O3/c13-17-8-10(15)7-16-11-5-1-3-9-4-2-6-14-12(9)11/h1-6,10,15H,7-8,13H2. The number of ether oxygens (including phenoxy) is 1. The molecule has 0 saturated carbocycles. The van der Waals surface area contributed by atoms with Gasteiger partial charge in [0.1, 0.15) is 24.0 Å². The molecule has 1 aromatic carbocycles. The Bertz CT molecular complexity index is 485. The first-order valence-corrected chi connectivity index (χ1v) is 5.27. The Kier molecular flexibility index (Phi) is 3.87. The van der Waals surface area contributed by atoms with E-state index in [0.717, 1.165) is 10.9 Å². The minimum absolute atomic E-state index is 0.0399. The van der Waals surface area contributed by atoms with E-state index in [2.05, 4.69) is 9.82 Å². The van der Waals surface area contributed by atoms with Crippen LogP contribution in [-0.4, -0.2) is 29.4 Å². The molecule has 3 N–H and O–H groups in total. The highest BCUT2D eigenvalue weighted by Gasteiger charge is 2.07. The van der Waals surface area contributed by atoms with E-state index in [1.54, 1.807) is 6.20 Å². The quantitative estimate of drug-likeness (QED) is 0.750. The van der Waals surface area contributed by atoms with Crippen LogP contribution in [0.2, 0.25) is 0 Å². The molecule has 17 heavy (non-hydrogen) atoms. The summed E-state index contributed by atoms with van der Waals surface area (Å²) in [6, 6.07) is 9.46. The fraction of sp³-hybridized carbons (Fsp3) is 0.250. The van der Waals surface area contributed by atoms with Crippen LogP contribution in [0.25, 0.3) is 10.9 Å². The summed E-state index contributed by atoms with van der Waals surface area (Å²) in [5.74, 6) is 5.50. The van der Waals surface area contributed by atoms with E-state index in [4.69, 9.17) is 10.6 Å². The van der Waals surface area contributed by atoms with Gasteiger partial charge in [0.25, 0.3) is 0 Å². The molecule has 1 heterocycles. The summed E-state index contributed by atoms with van der Waals surface area (Å²) < 4.78 is 5.49. The molecule has 0 radical (unpaired) electrons. The van der Waals surface area contributed by atoms with Gasteiger partial charge in [0.05, 0.1) is 6.61 Å². The van der Waals surface area contributed by atoms with Crippen LogP contribution in [0.1, 0.15) is 0 Å². The molecular weight excluding hydrogens is 220 g/mol. The van der Waals surface area contributed by atoms with Gasteiger partial charge in [-0.1, -0.05) is 18.2 Å². The van der Waals surface area contributed by atoms with E-state index < -0.39 is 6.10 Å². The molecule has 5 nitrogen and oxygen atoms in total. The summed E-state index contributed by atoms with van der Waals surface area (Å²) in [6.45, 7) is 0.158. The summed E-state index contributed by atoms with van der Waals surface area (Å²) in [5.41, 5.74) is 0.774. The Morgan fingerprint density at radius 2 is 2.06 bits per heavy atom. The number of aromatic nitrogens is 1. The third-order valence-corrected chi connectivity index (χ3v) is 2.32. The van der Waals surface area contributed by atoms with Gasteiger partial charge in [-0.15, -0.1) is 0 Å². The zero-order chi connectivity index (χ0) is 12.1. The number of aliphatic hydroxyl groups excluding tert-OH is 1. The lowest BCUT2D eigenvalue weighted by Gasteiger charge is -2.12. The van der Waals surface area contributed by atoms with Crippen molar-refractivity contribution in [3.8, 4) is 5.75 Å². The van der Waals surface area contributed by atoms with E-state index in [0.29, 0.717) is 5.75 Å². The average molecular weight is 234 g/mol. The third-order valence-electron chi connectivity index (χ3n) is 2.32. The number of rotatable bonds is 5. The molecule has 2 aromatic rings. The van der Waals surface area contributed by atoms with E-state index >= 15 is 0 Å². The number of hydrogen-bond donors (Lipinski definition) is 2. The molecule has 1 unspecified atom stereocenters. The van der Waals surface area contributed by atoms with Crippen LogP contribution in [0.3, 0.4) is 0 Å². The highest BCUT2D eigenvalue weighted by molar-refractivity contribution is 5.84. The molecular formula is C12H14N2O3. The van der Waals surface area contributed by atoms with Gasteiger partial charge in [-0.2, -0.15) is 0 Å². The van der Waals surface area contributed by atoms with E-state index in [1.165, 1.54) is 0 Å². The lowest BCUT2D eigenvalue weighted by atomic mass is 10.2. The number of nitrogens with zero attached hydrogens (tertiary/aromatic N) is 1. The fourth-order valence-electron chi connectivity index (χ4n) is 1.54. The van der Waals surface area contributed by atoms with Crippen molar-refractivity contribution in [1.29, 1.82) is 0 Å². The van der Waals surface area contributed by atoms with Crippen molar-refractivity contribution in [1.82, 2.24) is 4.98 Å². The summed E-state index contributed by atoms with van der Waals surface area (Å²) in [6.07, 6.45) is 0.952. The predicted molar refractivity (Wildman–Crippen MR) is 63.4 cm³/mol. The van der Waals surface area contributed by atoms with Crippen LogP contribution in [-0.2, 0) is 4.84 Å². The summed E-state index contributed by atoms with van der Waals surface area (Å²) in [4.78, 5) is 8.58. The van der Waals surface area contributed by atoms with Crippen molar-refractivity contribution >= 4 is 10.9 Å². The van der Waals surface area contributed by atoms with Gasteiger partial charge in [-0.25, -0.2) is 5.90 Å². The number of hydrogen-bond acceptors (Lipinski definition) is 5. The number of pyridine rings is 1. The first-order chi connectivity index (χ1) is 8.31. The van der Waals surface area contributed by atoms with Crippen molar-refractivity contribution in [3.63, 3.8) is 0 Å². The fourth-order valence-corrected chi connectivity index (χ4v) is 1.54. The van der Waals surface area contributed by atoms with Gasteiger partial charge >= 0.3 is 0 Å². The van der Waals surface area contributed by atoms with Crippen LogP contribution in [0, 0.1) is 0 Å². The van der Waals surface area contributed by atoms with E-state index in [9.17, 15) is 5.11 Å². The van der Waals surface area contributed by atoms with Crippen molar-refractivity contribution < 1.29 is 14.7 Å². The van der Waals surface area contributed by atoms with E-state index in [1.807, 2.05) is 30.3 Å². The SMILES string of the molecule is NOCC(O)COc1cccc2cccnc12. The lowest BCUT2D eigenvalue weighted by molar-refractivity contribution is 0.0118. The van der Waals surface area contributed by atoms with Gasteiger partial charge < -0.3 is 14.7 Å². The first-order valence-electron chi connectivity index (χ1n) is 5.27. The summed E-state index contributed by atoms with van der Waals surface area (Å²) >= 11 is 0. The maximum Gasteiger partial charge on any atom is 0.145 e. The number of para-hydroxylation sites is 1. The largest absolute Gasteiger partial charge is 0.489 e. The highest BCUT2D eigenvalue weighted by atomic mass is 16.6. The van der Waals surface area contributed by atoms with Gasteiger partial charge in [0, 0.05) is 11.6 Å². The Hall–Kier alpha value is -1.69. The minimum atomic E-state index is -0.751. The Labute approximate surface area is 98.7 Å². The maximum absolute atomic E-state index is 9.43. The first kappa shape index (κ1) is 11.8. The van der Waals surface area contributed by atoms with Crippen LogP contribution in [0.4, 0.5) is 0 Å². The number of aliphatic hydroxyl groups is 1. The second kappa shape index (κ2) is 5.58. The maximum atomic E-state index is 9.43. The highest BCUT2D eigenvalue weighted by Crippen LogP contribution is 2.22. The Balaban J connectivity index is 2.13. The van der Waals surface area contributed by atoms with E-state index in [-0.39, 0.29) is 13.2 Å². The van der Waals surface area contributed by atoms with Crippen LogP contribution in [0.15, 0.2) is 36.5 Å². The van der Waals surface area contributed by atoms with Gasteiger partial charge in [0.15, 0.2) is 0 Å². The van der Waals surface area contributed by atoms with Crippen molar-refractivity contribution in [2.45, 2.75) is 6.10 Å². The predicted octanol–water partition coefficient (Wildman–Crippen LogP) is 0.865. The van der Waals surface area contributed by atoms with Crippen LogP contribution < -0.4 is 10.6 Å². The molecule has 0 bridgehead atoms. The number of fused-ring (bicyclic) bond motifs is 1. The normalized spacial score (nSPS) is 12.6. The molecule has 0 aliphatic carbocycles. The zero-order valence-electron chi connectivity index (χ0n) is 9.24. The van der Waals surface area contributed by atoms with Gasteiger partial charge in [-0.05, 0) is 12.1 Å². The lowest BCUT2D eigenvalue weighted by Crippen LogP contribution is -2.25. The Morgan fingerprint density at radius 1 is 1.24 bits per heavy atom. The van der Waals surface area contributed by atoms with Gasteiger partial charge in [0.2, 0.25) is 0 Å². The molecule has 1 aromatic heterocycles. The van der Waals surface area contributed by atoms with Crippen LogP contribution >= 0.6 is 0 Å². The van der Waals surface area contributed by atoms with Crippen molar-refractivity contribution in [2.24, 2.45) is 5.90 Å². The molecule has 5 heteroatoms. The van der Waals surface area contributed by atoms with Crippen LogP contribution in [0.5, 0.6) is 5.75 Å². The number of benzene rings is 1. The molecule has 90 valence electrons. The average Bonchev–Trinajstić information content (AvgIpc) is 2.36. The molecule has 0 aliphatic rings. The van der Waals surface area contributed by atoms with Gasteiger partial charge in [-0.3, -0.25) is 4.98 Å². The van der Waals surface area contributed by atoms with Crippen molar-refractivity contribution in [3.05, 3.63) is 36.5 Å². The summed E-state index contributed by atoms with van der Waals surface area (Å²) in [5, 5.41) is 10.4. The molecule has 0 amide bonds.